The van der Waals surface area contributed by atoms with E-state index in [0.717, 1.165) is 19.9 Å². The van der Waals surface area contributed by atoms with Crippen LogP contribution < -0.4 is 5.32 Å². The molecule has 1 amide bonds. The molecule has 0 aliphatic rings. The Balaban J connectivity index is 1.72. The molecule has 0 aliphatic carbocycles. The van der Waals surface area contributed by atoms with Gasteiger partial charge < -0.3 is 0 Å². The Kier molecular flexibility index (Phi) is 5.10. The molecule has 0 fully saturated rings. The van der Waals surface area contributed by atoms with Crippen molar-refractivity contribution in [1.29, 1.82) is 0 Å². The van der Waals surface area contributed by atoms with E-state index in [1.54, 1.807) is 12.3 Å². The first kappa shape index (κ1) is 16.2. The van der Waals surface area contributed by atoms with Gasteiger partial charge in [0.1, 0.15) is 0 Å². The molecule has 1 heterocycles. The zero-order valence-corrected chi connectivity index (χ0v) is 15.1. The van der Waals surface area contributed by atoms with E-state index in [1.165, 1.54) is 11.3 Å². The van der Waals surface area contributed by atoms with Gasteiger partial charge in [-0.2, -0.15) is 0 Å². The predicted molar refractivity (Wildman–Crippen MR) is 98.5 cm³/mol. The van der Waals surface area contributed by atoms with Gasteiger partial charge in [-0.25, -0.2) is 4.98 Å². The minimum absolute atomic E-state index is 0.184. The number of rotatable bonds is 4. The quantitative estimate of drug-likeness (QED) is 0.629. The fraction of sp³-hybridized carbons (Fsp3) is 0.0588. The number of carbonyl (C=O) groups excluding carboxylic acids is 1. The van der Waals surface area contributed by atoms with Crippen molar-refractivity contribution in [3.63, 3.8) is 0 Å². The summed E-state index contributed by atoms with van der Waals surface area (Å²) >= 11 is 11.0. The van der Waals surface area contributed by atoms with Crippen molar-refractivity contribution in [2.75, 3.05) is 5.32 Å². The van der Waals surface area contributed by atoms with Crippen molar-refractivity contribution in [2.24, 2.45) is 0 Å². The van der Waals surface area contributed by atoms with Gasteiger partial charge in [0.2, 0.25) is 0 Å². The molecular formula is C17H12BrClN2OS. The summed E-state index contributed by atoms with van der Waals surface area (Å²) in [5.41, 5.74) is 1.62. The number of nitrogens with one attached hydrogen (secondary N) is 1. The highest BCUT2D eigenvalue weighted by atomic mass is 79.9. The predicted octanol–water partition coefficient (Wildman–Crippen LogP) is 5.40. The summed E-state index contributed by atoms with van der Waals surface area (Å²) in [6.45, 7) is 0. The molecule has 116 valence electrons. The topological polar surface area (TPSA) is 42.0 Å². The minimum Gasteiger partial charge on any atom is -0.298 e. The van der Waals surface area contributed by atoms with Gasteiger partial charge in [-0.3, -0.25) is 10.1 Å². The van der Waals surface area contributed by atoms with Crippen LogP contribution in [0.5, 0.6) is 0 Å². The second-order valence-corrected chi connectivity index (χ2v) is 7.21. The molecule has 0 spiro atoms. The Morgan fingerprint density at radius 1 is 1.17 bits per heavy atom. The van der Waals surface area contributed by atoms with Crippen LogP contribution in [0.25, 0.3) is 0 Å². The number of benzene rings is 2. The molecule has 1 N–H and O–H groups in total. The van der Waals surface area contributed by atoms with Crippen LogP contribution in [0.1, 0.15) is 20.8 Å². The van der Waals surface area contributed by atoms with Gasteiger partial charge in [0, 0.05) is 27.0 Å². The highest BCUT2D eigenvalue weighted by molar-refractivity contribution is 9.10. The van der Waals surface area contributed by atoms with Crippen LogP contribution in [0.15, 0.2) is 59.2 Å². The Hall–Kier alpha value is -1.69. The lowest BCUT2D eigenvalue weighted by Crippen LogP contribution is -2.12. The molecule has 3 nitrogen and oxygen atoms in total. The largest absolute Gasteiger partial charge is 0.298 e. The van der Waals surface area contributed by atoms with Crippen molar-refractivity contribution < 1.29 is 4.79 Å². The maximum atomic E-state index is 12.3. The molecule has 1 aromatic heterocycles. The molecule has 0 unspecified atom stereocenters. The standard InChI is InChI=1S/C17H12BrClN2OS/c18-14-7-3-2-6-13(14)16(22)21-17-20-10-12(23-17)9-11-5-1-4-8-15(11)19/h1-8,10H,9H2,(H,20,21,22). The number of carbonyl (C=O) groups is 1. The number of hydrogen-bond donors (Lipinski definition) is 1. The molecule has 3 rings (SSSR count). The van der Waals surface area contributed by atoms with Crippen molar-refractivity contribution in [3.8, 4) is 0 Å². The average Bonchev–Trinajstić information content (AvgIpc) is 2.97. The molecule has 0 aliphatic heterocycles. The van der Waals surface area contributed by atoms with Gasteiger partial charge in [-0.15, -0.1) is 11.3 Å². The first-order valence-electron chi connectivity index (χ1n) is 6.87. The SMILES string of the molecule is O=C(Nc1ncc(Cc2ccccc2Cl)s1)c1ccccc1Br. The Morgan fingerprint density at radius 2 is 1.91 bits per heavy atom. The summed E-state index contributed by atoms with van der Waals surface area (Å²) in [7, 11) is 0. The summed E-state index contributed by atoms with van der Waals surface area (Å²) in [6.07, 6.45) is 2.46. The van der Waals surface area contributed by atoms with Crippen molar-refractivity contribution in [1.82, 2.24) is 4.98 Å². The normalized spacial score (nSPS) is 10.5. The number of anilines is 1. The smallest absolute Gasteiger partial charge is 0.258 e. The van der Waals surface area contributed by atoms with Gasteiger partial charge in [0.25, 0.3) is 5.91 Å². The fourth-order valence-electron chi connectivity index (χ4n) is 2.09. The van der Waals surface area contributed by atoms with Crippen molar-refractivity contribution >= 4 is 49.9 Å². The van der Waals surface area contributed by atoms with E-state index in [2.05, 4.69) is 26.2 Å². The number of thiazole rings is 1. The van der Waals surface area contributed by atoms with Gasteiger partial charge in [0.15, 0.2) is 5.13 Å². The number of nitrogens with zero attached hydrogens (tertiary/aromatic N) is 1. The fourth-order valence-corrected chi connectivity index (χ4v) is 3.58. The molecule has 0 radical (unpaired) electrons. The molecule has 3 aromatic rings. The third-order valence-electron chi connectivity index (χ3n) is 3.22. The average molecular weight is 408 g/mol. The molecular weight excluding hydrogens is 396 g/mol. The Labute approximate surface area is 151 Å². The monoisotopic (exact) mass is 406 g/mol. The van der Waals surface area contributed by atoms with Crippen LogP contribution in [-0.4, -0.2) is 10.9 Å². The summed E-state index contributed by atoms with van der Waals surface area (Å²) in [5, 5.41) is 4.14. The minimum atomic E-state index is -0.184. The van der Waals surface area contributed by atoms with E-state index in [9.17, 15) is 4.79 Å². The number of halogens is 2. The van der Waals surface area contributed by atoms with Crippen LogP contribution in [0.4, 0.5) is 5.13 Å². The summed E-state index contributed by atoms with van der Waals surface area (Å²) in [6, 6.07) is 15.0. The Bertz CT molecular complexity index is 850. The third kappa shape index (κ3) is 3.99. The summed E-state index contributed by atoms with van der Waals surface area (Å²) in [4.78, 5) is 17.6. The molecule has 0 saturated heterocycles. The highest BCUT2D eigenvalue weighted by Crippen LogP contribution is 2.25. The van der Waals surface area contributed by atoms with E-state index in [1.807, 2.05) is 42.5 Å². The molecule has 0 atom stereocenters. The van der Waals surface area contributed by atoms with E-state index in [-0.39, 0.29) is 5.91 Å². The maximum absolute atomic E-state index is 12.3. The van der Waals surface area contributed by atoms with Crippen LogP contribution in [0, 0.1) is 0 Å². The van der Waals surface area contributed by atoms with E-state index in [0.29, 0.717) is 17.1 Å². The molecule has 0 bridgehead atoms. The van der Waals surface area contributed by atoms with E-state index < -0.39 is 0 Å². The van der Waals surface area contributed by atoms with Gasteiger partial charge in [0.05, 0.1) is 5.56 Å². The summed E-state index contributed by atoms with van der Waals surface area (Å²) < 4.78 is 0.755. The van der Waals surface area contributed by atoms with Gasteiger partial charge in [-0.05, 0) is 39.7 Å². The lowest BCUT2D eigenvalue weighted by Gasteiger charge is -2.03. The number of aromatic nitrogens is 1. The van der Waals surface area contributed by atoms with Crippen molar-refractivity contribution in [3.05, 3.63) is 80.2 Å². The lowest BCUT2D eigenvalue weighted by atomic mass is 10.1. The number of amides is 1. The molecule has 2 aromatic carbocycles. The maximum Gasteiger partial charge on any atom is 0.258 e. The van der Waals surface area contributed by atoms with Crippen LogP contribution in [-0.2, 0) is 6.42 Å². The van der Waals surface area contributed by atoms with Crippen LogP contribution in [0.3, 0.4) is 0 Å². The van der Waals surface area contributed by atoms with Crippen LogP contribution in [0.2, 0.25) is 5.02 Å². The second kappa shape index (κ2) is 7.25. The van der Waals surface area contributed by atoms with Gasteiger partial charge >= 0.3 is 0 Å². The second-order valence-electron chi connectivity index (χ2n) is 4.83. The zero-order chi connectivity index (χ0) is 16.2. The molecule has 23 heavy (non-hydrogen) atoms. The first-order chi connectivity index (χ1) is 11.1. The highest BCUT2D eigenvalue weighted by Gasteiger charge is 2.12. The number of hydrogen-bond acceptors (Lipinski definition) is 3. The van der Waals surface area contributed by atoms with Crippen molar-refractivity contribution in [2.45, 2.75) is 6.42 Å². The van der Waals surface area contributed by atoms with E-state index in [4.69, 9.17) is 11.6 Å². The lowest BCUT2D eigenvalue weighted by molar-refractivity contribution is 0.102. The molecule has 0 saturated carbocycles. The molecule has 6 heteroatoms. The summed E-state index contributed by atoms with van der Waals surface area (Å²) in [5.74, 6) is -0.184. The zero-order valence-electron chi connectivity index (χ0n) is 11.9. The first-order valence-corrected chi connectivity index (χ1v) is 8.86. The van der Waals surface area contributed by atoms with Crippen LogP contribution >= 0.6 is 38.9 Å². The van der Waals surface area contributed by atoms with Gasteiger partial charge in [-0.1, -0.05) is 41.9 Å². The Morgan fingerprint density at radius 3 is 2.70 bits per heavy atom. The third-order valence-corrected chi connectivity index (χ3v) is 5.19. The van der Waals surface area contributed by atoms with E-state index >= 15 is 0 Å².